The summed E-state index contributed by atoms with van der Waals surface area (Å²) in [6.45, 7) is 1.37. The van der Waals surface area contributed by atoms with Crippen LogP contribution in [-0.4, -0.2) is 40.6 Å². The number of halogens is 1. The van der Waals surface area contributed by atoms with E-state index in [-0.39, 0.29) is 24.2 Å². The maximum absolute atomic E-state index is 13.2. The monoisotopic (exact) mass is 320 g/mol. The average Bonchev–Trinajstić information content (AvgIpc) is 3.15. The minimum Gasteiger partial charge on any atom is -0.396 e. The fourth-order valence-corrected chi connectivity index (χ4v) is 3.44. The van der Waals surface area contributed by atoms with E-state index in [0.717, 1.165) is 17.0 Å². The zero-order chi connectivity index (χ0) is 15.5. The Hall–Kier alpha value is -1.79. The van der Waals surface area contributed by atoms with Crippen molar-refractivity contribution in [3.63, 3.8) is 0 Å². The predicted octanol–water partition coefficient (Wildman–Crippen LogP) is 2.33. The average molecular weight is 320 g/mol. The first-order valence-electron chi connectivity index (χ1n) is 7.24. The van der Waals surface area contributed by atoms with Gasteiger partial charge in [0.15, 0.2) is 0 Å². The van der Waals surface area contributed by atoms with Crippen LogP contribution in [0, 0.1) is 11.7 Å². The quantitative estimate of drug-likeness (QED) is 0.941. The lowest BCUT2D eigenvalue weighted by atomic mass is 10.1. The molecule has 1 aliphatic heterocycles. The first kappa shape index (κ1) is 15.1. The van der Waals surface area contributed by atoms with Gasteiger partial charge in [0, 0.05) is 37.4 Å². The number of aliphatic hydroxyl groups excluding tert-OH is 1. The van der Waals surface area contributed by atoms with Gasteiger partial charge in [-0.3, -0.25) is 4.79 Å². The summed E-state index contributed by atoms with van der Waals surface area (Å²) in [5, 5.41) is 11.7. The van der Waals surface area contributed by atoms with Gasteiger partial charge in [-0.25, -0.2) is 9.37 Å². The molecule has 1 N–H and O–H groups in total. The molecule has 0 saturated carbocycles. The van der Waals surface area contributed by atoms with Gasteiger partial charge in [-0.2, -0.15) is 0 Å². The Morgan fingerprint density at radius 2 is 2.36 bits per heavy atom. The standard InChI is InChI=1S/C16H17FN2O2S/c17-13-3-1-2-11(6-13)7-15-18-14(10-22-15)16(21)19-5-4-12(8-19)9-20/h1-3,6,10,12,20H,4-5,7-9H2. The Morgan fingerprint density at radius 1 is 1.50 bits per heavy atom. The number of carbonyl (C=O) groups is 1. The lowest BCUT2D eigenvalue weighted by Gasteiger charge is -2.14. The molecule has 3 rings (SSSR count). The number of rotatable bonds is 4. The van der Waals surface area contributed by atoms with E-state index >= 15 is 0 Å². The zero-order valence-electron chi connectivity index (χ0n) is 12.0. The topological polar surface area (TPSA) is 53.4 Å². The fraction of sp³-hybridized carbons (Fsp3) is 0.375. The molecule has 0 bridgehead atoms. The van der Waals surface area contributed by atoms with Crippen LogP contribution in [0.2, 0.25) is 0 Å². The van der Waals surface area contributed by atoms with Crippen LogP contribution in [0.1, 0.15) is 27.5 Å². The first-order chi connectivity index (χ1) is 10.7. The summed E-state index contributed by atoms with van der Waals surface area (Å²) in [6, 6.07) is 6.41. The van der Waals surface area contributed by atoms with Crippen molar-refractivity contribution in [2.75, 3.05) is 19.7 Å². The van der Waals surface area contributed by atoms with E-state index in [1.807, 2.05) is 6.07 Å². The van der Waals surface area contributed by atoms with Gasteiger partial charge in [0.1, 0.15) is 11.5 Å². The van der Waals surface area contributed by atoms with Gasteiger partial charge >= 0.3 is 0 Å². The molecule has 1 aliphatic rings. The van der Waals surface area contributed by atoms with Crippen molar-refractivity contribution >= 4 is 17.2 Å². The van der Waals surface area contributed by atoms with E-state index in [1.54, 1.807) is 16.3 Å². The molecule has 2 heterocycles. The number of aliphatic hydroxyl groups is 1. The number of benzene rings is 1. The molecule has 116 valence electrons. The third-order valence-corrected chi connectivity index (χ3v) is 4.70. The van der Waals surface area contributed by atoms with Gasteiger partial charge in [0.05, 0.1) is 5.01 Å². The van der Waals surface area contributed by atoms with Crippen molar-refractivity contribution in [1.82, 2.24) is 9.88 Å². The summed E-state index contributed by atoms with van der Waals surface area (Å²) < 4.78 is 13.2. The van der Waals surface area contributed by atoms with Crippen LogP contribution in [0.15, 0.2) is 29.6 Å². The Labute approximate surface area is 132 Å². The van der Waals surface area contributed by atoms with Crippen LogP contribution in [0.25, 0.3) is 0 Å². The van der Waals surface area contributed by atoms with Gasteiger partial charge in [0.2, 0.25) is 0 Å². The van der Waals surface area contributed by atoms with Crippen LogP contribution >= 0.6 is 11.3 Å². The maximum atomic E-state index is 13.2. The third-order valence-electron chi connectivity index (χ3n) is 3.85. The summed E-state index contributed by atoms with van der Waals surface area (Å²) in [7, 11) is 0. The van der Waals surface area contributed by atoms with Crippen LogP contribution in [0.5, 0.6) is 0 Å². The van der Waals surface area contributed by atoms with Crippen LogP contribution in [-0.2, 0) is 6.42 Å². The van der Waals surface area contributed by atoms with Crippen molar-refractivity contribution in [1.29, 1.82) is 0 Å². The maximum Gasteiger partial charge on any atom is 0.273 e. The molecular formula is C16H17FN2O2S. The third kappa shape index (κ3) is 3.34. The van der Waals surface area contributed by atoms with Gasteiger partial charge in [-0.1, -0.05) is 12.1 Å². The molecule has 22 heavy (non-hydrogen) atoms. The smallest absolute Gasteiger partial charge is 0.273 e. The SMILES string of the molecule is O=C(c1csc(Cc2cccc(F)c2)n1)N1CCC(CO)C1. The summed E-state index contributed by atoms with van der Waals surface area (Å²) in [5.74, 6) is -0.176. The summed E-state index contributed by atoms with van der Waals surface area (Å²) in [5.41, 5.74) is 1.28. The number of nitrogens with zero attached hydrogens (tertiary/aromatic N) is 2. The Kier molecular flexibility index (Phi) is 4.49. The van der Waals surface area contributed by atoms with Gasteiger partial charge < -0.3 is 10.0 Å². The summed E-state index contributed by atoms with van der Waals surface area (Å²) >= 11 is 1.41. The lowest BCUT2D eigenvalue weighted by Crippen LogP contribution is -2.29. The van der Waals surface area contributed by atoms with Crippen LogP contribution in [0.4, 0.5) is 4.39 Å². The zero-order valence-corrected chi connectivity index (χ0v) is 12.9. The number of thiazole rings is 1. The predicted molar refractivity (Wildman–Crippen MR) is 82.4 cm³/mol. The van der Waals surface area contributed by atoms with Crippen molar-refractivity contribution in [2.45, 2.75) is 12.8 Å². The van der Waals surface area contributed by atoms with Crippen molar-refractivity contribution < 1.29 is 14.3 Å². The van der Waals surface area contributed by atoms with E-state index in [4.69, 9.17) is 5.11 Å². The molecule has 0 radical (unpaired) electrons. The number of amides is 1. The first-order valence-corrected chi connectivity index (χ1v) is 8.12. The molecule has 4 nitrogen and oxygen atoms in total. The lowest BCUT2D eigenvalue weighted by molar-refractivity contribution is 0.0776. The van der Waals surface area contributed by atoms with Crippen LogP contribution in [0.3, 0.4) is 0 Å². The summed E-state index contributed by atoms with van der Waals surface area (Å²) in [6.07, 6.45) is 1.36. The largest absolute Gasteiger partial charge is 0.396 e. The number of hydrogen-bond acceptors (Lipinski definition) is 4. The Bertz CT molecular complexity index is 674. The fourth-order valence-electron chi connectivity index (χ4n) is 2.64. The molecule has 1 aromatic heterocycles. The minimum atomic E-state index is -0.266. The van der Waals surface area contributed by atoms with Gasteiger partial charge in [-0.05, 0) is 24.1 Å². The van der Waals surface area contributed by atoms with E-state index in [0.29, 0.717) is 25.2 Å². The molecule has 2 aromatic rings. The van der Waals surface area contributed by atoms with E-state index < -0.39 is 0 Å². The highest BCUT2D eigenvalue weighted by Crippen LogP contribution is 2.20. The highest BCUT2D eigenvalue weighted by atomic mass is 32.1. The molecule has 0 spiro atoms. The second-order valence-electron chi connectivity index (χ2n) is 5.52. The molecular weight excluding hydrogens is 303 g/mol. The highest BCUT2D eigenvalue weighted by Gasteiger charge is 2.27. The molecule has 1 saturated heterocycles. The Balaban J connectivity index is 1.67. The van der Waals surface area contributed by atoms with Gasteiger partial charge in [-0.15, -0.1) is 11.3 Å². The molecule has 1 amide bonds. The number of carbonyl (C=O) groups excluding carboxylic acids is 1. The number of aromatic nitrogens is 1. The molecule has 1 atom stereocenters. The van der Waals surface area contributed by atoms with Gasteiger partial charge in [0.25, 0.3) is 5.91 Å². The molecule has 1 aromatic carbocycles. The molecule has 1 unspecified atom stereocenters. The second kappa shape index (κ2) is 6.54. The molecule has 0 aliphatic carbocycles. The van der Waals surface area contributed by atoms with E-state index in [9.17, 15) is 9.18 Å². The number of hydrogen-bond donors (Lipinski definition) is 1. The van der Waals surface area contributed by atoms with E-state index in [2.05, 4.69) is 4.98 Å². The summed E-state index contributed by atoms with van der Waals surface area (Å²) in [4.78, 5) is 18.5. The molecule has 1 fully saturated rings. The van der Waals surface area contributed by atoms with Crippen molar-refractivity contribution in [2.24, 2.45) is 5.92 Å². The Morgan fingerprint density at radius 3 is 3.09 bits per heavy atom. The minimum absolute atomic E-state index is 0.0855. The second-order valence-corrected chi connectivity index (χ2v) is 6.46. The normalized spacial score (nSPS) is 17.9. The van der Waals surface area contributed by atoms with E-state index in [1.165, 1.54) is 23.5 Å². The van der Waals surface area contributed by atoms with Crippen molar-refractivity contribution in [3.8, 4) is 0 Å². The van der Waals surface area contributed by atoms with Crippen molar-refractivity contribution in [3.05, 3.63) is 51.7 Å². The highest BCUT2D eigenvalue weighted by molar-refractivity contribution is 7.09. The number of likely N-dealkylation sites (tertiary alicyclic amines) is 1. The molecule has 6 heteroatoms. The van der Waals surface area contributed by atoms with Crippen LogP contribution < -0.4 is 0 Å².